The molecule has 1 atom stereocenters. The van der Waals surface area contributed by atoms with Crippen LogP contribution in [0, 0.1) is 5.92 Å². The van der Waals surface area contributed by atoms with Gasteiger partial charge in [-0.3, -0.25) is 4.79 Å². The second kappa shape index (κ2) is 4.94. The minimum Gasteiger partial charge on any atom is -0.378 e. The molecule has 86 valence electrons. The van der Waals surface area contributed by atoms with Gasteiger partial charge in [0.15, 0.2) is 0 Å². The number of morpholine rings is 1. The van der Waals surface area contributed by atoms with Gasteiger partial charge in [-0.15, -0.1) is 0 Å². The zero-order valence-corrected chi connectivity index (χ0v) is 9.45. The van der Waals surface area contributed by atoms with Crippen LogP contribution in [0.1, 0.15) is 12.8 Å². The number of amides is 1. The number of likely N-dealkylation sites (tertiary alicyclic amines) is 1. The molecular weight excluding hydrogens is 192 g/mol. The second-order valence-electron chi connectivity index (χ2n) is 4.54. The summed E-state index contributed by atoms with van der Waals surface area (Å²) in [6.07, 6.45) is 2.21. The maximum Gasteiger partial charge on any atom is 0.227 e. The summed E-state index contributed by atoms with van der Waals surface area (Å²) in [5.41, 5.74) is 0. The number of carbonyl (C=O) groups is 1. The van der Waals surface area contributed by atoms with Gasteiger partial charge in [-0.05, 0) is 26.4 Å². The first kappa shape index (κ1) is 10.9. The highest BCUT2D eigenvalue weighted by Gasteiger charge is 2.28. The van der Waals surface area contributed by atoms with Gasteiger partial charge in [0.2, 0.25) is 5.91 Å². The predicted octanol–water partition coefficient (Wildman–Crippen LogP) is 0.187. The maximum atomic E-state index is 12.1. The van der Waals surface area contributed by atoms with E-state index < -0.39 is 0 Å². The third kappa shape index (κ3) is 2.69. The molecule has 0 N–H and O–H groups in total. The van der Waals surface area contributed by atoms with Crippen molar-refractivity contribution in [3.05, 3.63) is 0 Å². The second-order valence-corrected chi connectivity index (χ2v) is 4.54. The van der Waals surface area contributed by atoms with Crippen molar-refractivity contribution >= 4 is 5.91 Å². The highest BCUT2D eigenvalue weighted by atomic mass is 16.5. The molecule has 4 nitrogen and oxygen atoms in total. The molecule has 2 saturated heterocycles. The van der Waals surface area contributed by atoms with E-state index in [-0.39, 0.29) is 5.92 Å². The topological polar surface area (TPSA) is 32.8 Å². The van der Waals surface area contributed by atoms with Crippen molar-refractivity contribution in [2.75, 3.05) is 46.4 Å². The average Bonchev–Trinajstić information content (AvgIpc) is 2.29. The normalized spacial score (nSPS) is 29.1. The molecule has 2 aliphatic heterocycles. The fourth-order valence-electron chi connectivity index (χ4n) is 2.41. The van der Waals surface area contributed by atoms with Crippen molar-refractivity contribution in [2.45, 2.75) is 12.8 Å². The highest BCUT2D eigenvalue weighted by molar-refractivity contribution is 5.79. The summed E-state index contributed by atoms with van der Waals surface area (Å²) >= 11 is 0. The van der Waals surface area contributed by atoms with Crippen LogP contribution in [-0.2, 0) is 9.53 Å². The smallest absolute Gasteiger partial charge is 0.227 e. The first-order valence-corrected chi connectivity index (χ1v) is 5.82. The standard InChI is InChI=1S/C11H20N2O2/c1-12-4-2-3-10(9-12)11(14)13-5-7-15-8-6-13/h10H,2-9H2,1H3/t10-/m1/s1. The van der Waals surface area contributed by atoms with E-state index in [1.54, 1.807) is 0 Å². The Morgan fingerprint density at radius 3 is 2.67 bits per heavy atom. The average molecular weight is 212 g/mol. The van der Waals surface area contributed by atoms with Crippen LogP contribution in [0.4, 0.5) is 0 Å². The molecule has 0 saturated carbocycles. The number of ether oxygens (including phenoxy) is 1. The van der Waals surface area contributed by atoms with E-state index in [4.69, 9.17) is 4.74 Å². The first-order chi connectivity index (χ1) is 7.27. The molecule has 0 aromatic heterocycles. The Labute approximate surface area is 91.2 Å². The third-order valence-corrected chi connectivity index (χ3v) is 3.30. The van der Waals surface area contributed by atoms with Crippen LogP contribution in [0.3, 0.4) is 0 Å². The van der Waals surface area contributed by atoms with E-state index in [0.717, 1.165) is 39.0 Å². The van der Waals surface area contributed by atoms with Gasteiger partial charge in [0, 0.05) is 19.6 Å². The Morgan fingerprint density at radius 2 is 2.00 bits per heavy atom. The maximum absolute atomic E-state index is 12.1. The van der Waals surface area contributed by atoms with Crippen LogP contribution in [0.25, 0.3) is 0 Å². The molecule has 2 rings (SSSR count). The summed E-state index contributed by atoms with van der Waals surface area (Å²) in [5, 5.41) is 0. The monoisotopic (exact) mass is 212 g/mol. The summed E-state index contributed by atoms with van der Waals surface area (Å²) < 4.78 is 5.25. The van der Waals surface area contributed by atoms with Crippen molar-refractivity contribution in [3.63, 3.8) is 0 Å². The van der Waals surface area contributed by atoms with Gasteiger partial charge in [0.25, 0.3) is 0 Å². The summed E-state index contributed by atoms with van der Waals surface area (Å²) in [6, 6.07) is 0. The third-order valence-electron chi connectivity index (χ3n) is 3.30. The summed E-state index contributed by atoms with van der Waals surface area (Å²) in [5.74, 6) is 0.562. The van der Waals surface area contributed by atoms with Crippen LogP contribution in [0.5, 0.6) is 0 Å². The number of piperidine rings is 1. The first-order valence-electron chi connectivity index (χ1n) is 5.82. The number of hydrogen-bond acceptors (Lipinski definition) is 3. The SMILES string of the molecule is CN1CCC[C@@H](C(=O)N2CCOCC2)C1. The molecule has 0 spiro atoms. The Morgan fingerprint density at radius 1 is 1.27 bits per heavy atom. The van der Waals surface area contributed by atoms with Gasteiger partial charge in [-0.1, -0.05) is 0 Å². The summed E-state index contributed by atoms with van der Waals surface area (Å²) in [7, 11) is 2.10. The Bertz CT molecular complexity index is 227. The van der Waals surface area contributed by atoms with Crippen molar-refractivity contribution < 1.29 is 9.53 Å². The van der Waals surface area contributed by atoms with Gasteiger partial charge in [-0.2, -0.15) is 0 Å². The number of carbonyl (C=O) groups excluding carboxylic acids is 1. The lowest BCUT2D eigenvalue weighted by Gasteiger charge is -2.34. The highest BCUT2D eigenvalue weighted by Crippen LogP contribution is 2.18. The van der Waals surface area contributed by atoms with Crippen LogP contribution in [0.2, 0.25) is 0 Å². The minimum atomic E-state index is 0.224. The zero-order chi connectivity index (χ0) is 10.7. The number of rotatable bonds is 1. The van der Waals surface area contributed by atoms with E-state index >= 15 is 0 Å². The van der Waals surface area contributed by atoms with E-state index in [9.17, 15) is 4.79 Å². The lowest BCUT2D eigenvalue weighted by molar-refractivity contribution is -0.141. The molecule has 0 radical (unpaired) electrons. The Balaban J connectivity index is 1.88. The molecule has 0 aromatic carbocycles. The van der Waals surface area contributed by atoms with Crippen molar-refractivity contribution in [1.29, 1.82) is 0 Å². The van der Waals surface area contributed by atoms with Gasteiger partial charge in [-0.25, -0.2) is 0 Å². The number of hydrogen-bond donors (Lipinski definition) is 0. The van der Waals surface area contributed by atoms with Crippen molar-refractivity contribution in [2.24, 2.45) is 5.92 Å². The largest absolute Gasteiger partial charge is 0.378 e. The van der Waals surface area contributed by atoms with E-state index in [0.29, 0.717) is 19.1 Å². The van der Waals surface area contributed by atoms with Crippen LogP contribution in [-0.4, -0.2) is 62.1 Å². The predicted molar refractivity (Wildman–Crippen MR) is 57.6 cm³/mol. The molecule has 2 aliphatic rings. The van der Waals surface area contributed by atoms with Crippen molar-refractivity contribution in [3.8, 4) is 0 Å². The van der Waals surface area contributed by atoms with E-state index in [1.165, 1.54) is 0 Å². The molecule has 1 amide bonds. The van der Waals surface area contributed by atoms with Gasteiger partial charge < -0.3 is 14.5 Å². The molecule has 2 fully saturated rings. The van der Waals surface area contributed by atoms with Crippen LogP contribution < -0.4 is 0 Å². The quantitative estimate of drug-likeness (QED) is 0.622. The van der Waals surface area contributed by atoms with Gasteiger partial charge in [0.1, 0.15) is 0 Å². The lowest BCUT2D eigenvalue weighted by Crippen LogP contribution is -2.47. The molecule has 0 unspecified atom stereocenters. The van der Waals surface area contributed by atoms with Crippen LogP contribution in [0.15, 0.2) is 0 Å². The fourth-order valence-corrected chi connectivity index (χ4v) is 2.41. The zero-order valence-electron chi connectivity index (χ0n) is 9.45. The number of nitrogens with zero attached hydrogens (tertiary/aromatic N) is 2. The molecule has 0 aromatic rings. The summed E-state index contributed by atoms with van der Waals surface area (Å²) in [4.78, 5) is 16.4. The molecular formula is C11H20N2O2. The molecule has 0 bridgehead atoms. The lowest BCUT2D eigenvalue weighted by atomic mass is 9.97. The molecule has 4 heteroatoms. The Hall–Kier alpha value is -0.610. The summed E-state index contributed by atoms with van der Waals surface area (Å²) in [6.45, 7) is 5.02. The molecule has 0 aliphatic carbocycles. The van der Waals surface area contributed by atoms with Gasteiger partial charge >= 0.3 is 0 Å². The Kier molecular flexibility index (Phi) is 3.59. The van der Waals surface area contributed by atoms with E-state index in [1.807, 2.05) is 4.90 Å². The van der Waals surface area contributed by atoms with Gasteiger partial charge in [0.05, 0.1) is 19.1 Å². The van der Waals surface area contributed by atoms with E-state index in [2.05, 4.69) is 11.9 Å². The molecule has 2 heterocycles. The minimum absolute atomic E-state index is 0.224. The molecule has 15 heavy (non-hydrogen) atoms. The van der Waals surface area contributed by atoms with Crippen molar-refractivity contribution in [1.82, 2.24) is 9.80 Å². The fraction of sp³-hybridized carbons (Fsp3) is 0.909. The van der Waals surface area contributed by atoms with Crippen LogP contribution >= 0.6 is 0 Å².